The molecule has 4 heteroatoms. The molecule has 1 N–H and O–H groups in total. The summed E-state index contributed by atoms with van der Waals surface area (Å²) >= 11 is 0. The number of hydrogen-bond acceptors (Lipinski definition) is 3. The van der Waals surface area contributed by atoms with Crippen LogP contribution in [0.3, 0.4) is 0 Å². The summed E-state index contributed by atoms with van der Waals surface area (Å²) in [4.78, 5) is 10.2. The molecule has 0 aromatic heterocycles. The van der Waals surface area contributed by atoms with Gasteiger partial charge >= 0.3 is 0 Å². The molecule has 2 atom stereocenters. The monoisotopic (exact) mass is 264 g/mol. The van der Waals surface area contributed by atoms with Gasteiger partial charge in [0.25, 0.3) is 5.69 Å². The maximum Gasteiger partial charge on any atom is 0.269 e. The Morgan fingerprint density at radius 3 is 2.42 bits per heavy atom. The second-order valence-corrected chi connectivity index (χ2v) is 5.28. The molecule has 0 radical (unpaired) electrons. The van der Waals surface area contributed by atoms with Gasteiger partial charge in [0.2, 0.25) is 0 Å². The molecule has 4 nitrogen and oxygen atoms in total. The van der Waals surface area contributed by atoms with E-state index in [4.69, 9.17) is 0 Å². The first kappa shape index (κ1) is 15.6. The van der Waals surface area contributed by atoms with Crippen LogP contribution in [-0.4, -0.2) is 17.5 Å². The Bertz CT molecular complexity index is 390. The van der Waals surface area contributed by atoms with Crippen LogP contribution in [0.1, 0.15) is 39.2 Å². The molecule has 0 fully saturated rings. The number of rotatable bonds is 8. The lowest BCUT2D eigenvalue weighted by atomic mass is 10.0. The highest BCUT2D eigenvalue weighted by atomic mass is 16.6. The maximum atomic E-state index is 10.5. The van der Waals surface area contributed by atoms with Crippen molar-refractivity contribution in [2.75, 3.05) is 6.54 Å². The molecule has 0 aliphatic carbocycles. The van der Waals surface area contributed by atoms with Gasteiger partial charge < -0.3 is 5.32 Å². The van der Waals surface area contributed by atoms with Gasteiger partial charge in [-0.15, -0.1) is 0 Å². The zero-order valence-corrected chi connectivity index (χ0v) is 12.1. The van der Waals surface area contributed by atoms with Gasteiger partial charge in [-0.2, -0.15) is 0 Å². The molecule has 1 rings (SSSR count). The van der Waals surface area contributed by atoms with E-state index >= 15 is 0 Å². The van der Waals surface area contributed by atoms with E-state index in [1.807, 2.05) is 12.1 Å². The summed E-state index contributed by atoms with van der Waals surface area (Å²) < 4.78 is 0. The van der Waals surface area contributed by atoms with E-state index in [9.17, 15) is 10.1 Å². The van der Waals surface area contributed by atoms with Crippen molar-refractivity contribution >= 4 is 5.69 Å². The van der Waals surface area contributed by atoms with Crippen LogP contribution in [0.15, 0.2) is 24.3 Å². The number of benzene rings is 1. The highest BCUT2D eigenvalue weighted by Gasteiger charge is 2.07. The molecule has 1 aromatic rings. The predicted molar refractivity (Wildman–Crippen MR) is 78.3 cm³/mol. The average molecular weight is 264 g/mol. The maximum absolute atomic E-state index is 10.5. The summed E-state index contributed by atoms with van der Waals surface area (Å²) in [6.45, 7) is 7.61. The molecule has 0 heterocycles. The fraction of sp³-hybridized carbons (Fsp3) is 0.600. The Balaban J connectivity index is 2.31. The van der Waals surface area contributed by atoms with E-state index in [1.165, 1.54) is 12.8 Å². The molecule has 0 aliphatic heterocycles. The van der Waals surface area contributed by atoms with Gasteiger partial charge in [-0.05, 0) is 37.8 Å². The number of nitrogens with zero attached hydrogens (tertiary/aromatic N) is 1. The predicted octanol–water partition coefficient (Wildman–Crippen LogP) is 3.55. The van der Waals surface area contributed by atoms with Crippen LogP contribution in [0.5, 0.6) is 0 Å². The lowest BCUT2D eigenvalue weighted by molar-refractivity contribution is -0.384. The van der Waals surface area contributed by atoms with Gasteiger partial charge in [-0.25, -0.2) is 0 Å². The third-order valence-corrected chi connectivity index (χ3v) is 3.51. The Morgan fingerprint density at radius 2 is 1.89 bits per heavy atom. The molecule has 0 spiro atoms. The fourth-order valence-corrected chi connectivity index (χ4v) is 2.10. The Labute approximate surface area is 115 Å². The molecular weight excluding hydrogens is 240 g/mol. The first-order valence-electron chi connectivity index (χ1n) is 6.99. The smallest absolute Gasteiger partial charge is 0.269 e. The second kappa shape index (κ2) is 7.89. The van der Waals surface area contributed by atoms with Crippen molar-refractivity contribution < 1.29 is 4.92 Å². The van der Waals surface area contributed by atoms with Crippen LogP contribution in [0.2, 0.25) is 0 Å². The van der Waals surface area contributed by atoms with Crippen LogP contribution in [0.4, 0.5) is 5.69 Å². The van der Waals surface area contributed by atoms with Crippen molar-refractivity contribution in [2.24, 2.45) is 5.92 Å². The molecular formula is C15H24N2O2. The van der Waals surface area contributed by atoms with Crippen molar-refractivity contribution in [1.82, 2.24) is 5.32 Å². The van der Waals surface area contributed by atoms with E-state index in [2.05, 4.69) is 26.1 Å². The summed E-state index contributed by atoms with van der Waals surface area (Å²) in [5.74, 6) is 0.752. The lowest BCUT2D eigenvalue weighted by Gasteiger charge is -2.17. The van der Waals surface area contributed by atoms with Gasteiger partial charge in [0.1, 0.15) is 0 Å². The van der Waals surface area contributed by atoms with Gasteiger partial charge in [0, 0.05) is 18.2 Å². The van der Waals surface area contributed by atoms with E-state index in [1.54, 1.807) is 12.1 Å². The average Bonchev–Trinajstić information content (AvgIpc) is 2.39. The van der Waals surface area contributed by atoms with E-state index in [-0.39, 0.29) is 10.6 Å². The summed E-state index contributed by atoms with van der Waals surface area (Å²) in [5.41, 5.74) is 1.29. The molecule has 0 amide bonds. The van der Waals surface area contributed by atoms with Crippen molar-refractivity contribution in [3.63, 3.8) is 0 Å². The van der Waals surface area contributed by atoms with Crippen LogP contribution >= 0.6 is 0 Å². The van der Waals surface area contributed by atoms with Crippen molar-refractivity contribution in [1.29, 1.82) is 0 Å². The minimum absolute atomic E-state index is 0.154. The summed E-state index contributed by atoms with van der Waals surface area (Å²) in [6.07, 6.45) is 3.31. The number of non-ortho nitro benzene ring substituents is 1. The van der Waals surface area contributed by atoms with Crippen molar-refractivity contribution in [3.05, 3.63) is 39.9 Å². The Hall–Kier alpha value is -1.42. The number of nitro benzene ring substituents is 1. The topological polar surface area (TPSA) is 55.2 Å². The van der Waals surface area contributed by atoms with E-state index < -0.39 is 0 Å². The molecule has 0 bridgehead atoms. The zero-order valence-electron chi connectivity index (χ0n) is 12.1. The highest BCUT2D eigenvalue weighted by molar-refractivity contribution is 5.32. The largest absolute Gasteiger partial charge is 0.314 e. The SMILES string of the molecule is CCC(C)CC(C)NCCc1ccc([N+](=O)[O-])cc1. The van der Waals surface area contributed by atoms with E-state index in [0.29, 0.717) is 6.04 Å². The van der Waals surface area contributed by atoms with Gasteiger partial charge in [0.15, 0.2) is 0 Å². The Kier molecular flexibility index (Phi) is 6.50. The van der Waals surface area contributed by atoms with Crippen LogP contribution in [0, 0.1) is 16.0 Å². The molecule has 2 unspecified atom stereocenters. The molecule has 0 aliphatic rings. The third-order valence-electron chi connectivity index (χ3n) is 3.51. The molecule has 0 saturated carbocycles. The fourth-order valence-electron chi connectivity index (χ4n) is 2.10. The van der Waals surface area contributed by atoms with E-state index in [0.717, 1.165) is 24.4 Å². The minimum Gasteiger partial charge on any atom is -0.314 e. The zero-order chi connectivity index (χ0) is 14.3. The van der Waals surface area contributed by atoms with Gasteiger partial charge in [0.05, 0.1) is 4.92 Å². The summed E-state index contributed by atoms with van der Waals surface area (Å²) in [6, 6.07) is 7.32. The minimum atomic E-state index is -0.365. The van der Waals surface area contributed by atoms with Crippen LogP contribution < -0.4 is 5.32 Å². The molecule has 1 aromatic carbocycles. The van der Waals surface area contributed by atoms with Crippen LogP contribution in [-0.2, 0) is 6.42 Å². The second-order valence-electron chi connectivity index (χ2n) is 5.28. The first-order chi connectivity index (χ1) is 9.02. The Morgan fingerprint density at radius 1 is 1.26 bits per heavy atom. The standard InChI is InChI=1S/C15H24N2O2/c1-4-12(2)11-13(3)16-10-9-14-5-7-15(8-6-14)17(18)19/h5-8,12-13,16H,4,9-11H2,1-3H3. The number of nitro groups is 1. The van der Waals surface area contributed by atoms with Crippen molar-refractivity contribution in [2.45, 2.75) is 46.1 Å². The quantitative estimate of drug-likeness (QED) is 0.577. The third kappa shape index (κ3) is 5.83. The first-order valence-corrected chi connectivity index (χ1v) is 6.99. The summed E-state index contributed by atoms with van der Waals surface area (Å²) in [5, 5.41) is 14.0. The highest BCUT2D eigenvalue weighted by Crippen LogP contribution is 2.12. The molecule has 19 heavy (non-hydrogen) atoms. The van der Waals surface area contributed by atoms with Crippen LogP contribution in [0.25, 0.3) is 0 Å². The molecule has 0 saturated heterocycles. The normalized spacial score (nSPS) is 14.1. The summed E-state index contributed by atoms with van der Waals surface area (Å²) in [7, 11) is 0. The number of hydrogen-bond donors (Lipinski definition) is 1. The lowest BCUT2D eigenvalue weighted by Crippen LogP contribution is -2.29. The van der Waals surface area contributed by atoms with Gasteiger partial charge in [-0.3, -0.25) is 10.1 Å². The molecule has 106 valence electrons. The number of nitrogens with one attached hydrogen (secondary N) is 1. The van der Waals surface area contributed by atoms with Crippen molar-refractivity contribution in [3.8, 4) is 0 Å². The van der Waals surface area contributed by atoms with Gasteiger partial charge in [-0.1, -0.05) is 32.4 Å².